The van der Waals surface area contributed by atoms with Crippen LogP contribution in [0.5, 0.6) is 0 Å². The van der Waals surface area contributed by atoms with E-state index < -0.39 is 40.8 Å². The summed E-state index contributed by atoms with van der Waals surface area (Å²) in [7, 11) is 0. The highest BCUT2D eigenvalue weighted by Crippen LogP contribution is 2.43. The molecular weight excluding hydrogens is 388 g/mol. The van der Waals surface area contributed by atoms with E-state index in [-0.39, 0.29) is 41.6 Å². The van der Waals surface area contributed by atoms with Crippen molar-refractivity contribution < 1.29 is 29.1 Å². The Morgan fingerprint density at radius 1 is 0.900 bits per heavy atom. The highest BCUT2D eigenvalue weighted by molar-refractivity contribution is 6.33. The minimum atomic E-state index is -2.67. The first-order chi connectivity index (χ1) is 14.4. The van der Waals surface area contributed by atoms with E-state index in [1.807, 2.05) is 0 Å². The number of Topliss-reactive ketones (excluding diaryl/α,β-unsaturated/α-hetero) is 2. The first kappa shape index (κ1) is 19.7. The molecule has 1 aliphatic carbocycles. The number of carbonyl (C=O) groups is 5. The molecule has 8 nitrogen and oxygen atoms in total. The maximum Gasteiger partial charge on any atom is 0.339 e. The fourth-order valence-corrected chi connectivity index (χ4v) is 4.41. The molecule has 3 N–H and O–H groups in total. The third-order valence-electron chi connectivity index (χ3n) is 5.77. The van der Waals surface area contributed by atoms with Gasteiger partial charge in [-0.25, -0.2) is 9.69 Å². The van der Waals surface area contributed by atoms with E-state index in [0.717, 1.165) is 0 Å². The lowest BCUT2D eigenvalue weighted by Crippen LogP contribution is -2.69. The van der Waals surface area contributed by atoms with Gasteiger partial charge in [0.25, 0.3) is 11.8 Å². The van der Waals surface area contributed by atoms with Gasteiger partial charge >= 0.3 is 5.97 Å². The second kappa shape index (κ2) is 7.00. The van der Waals surface area contributed by atoms with Gasteiger partial charge in [-0.1, -0.05) is 36.4 Å². The highest BCUT2D eigenvalue weighted by atomic mass is 16.4. The van der Waals surface area contributed by atoms with Crippen molar-refractivity contribution in [2.45, 2.75) is 18.4 Å². The topological polar surface area (TPSA) is 135 Å². The van der Waals surface area contributed by atoms with E-state index in [4.69, 9.17) is 5.73 Å². The molecule has 2 aliphatic rings. The molecule has 30 heavy (non-hydrogen) atoms. The Morgan fingerprint density at radius 2 is 1.40 bits per heavy atom. The molecule has 1 unspecified atom stereocenters. The number of aliphatic carboxylic acids is 1. The van der Waals surface area contributed by atoms with Crippen molar-refractivity contribution >= 4 is 29.4 Å². The number of nitrogens with two attached hydrogens (primary N) is 1. The van der Waals surface area contributed by atoms with E-state index in [2.05, 4.69) is 0 Å². The average Bonchev–Trinajstić information content (AvgIpc) is 3.00. The van der Waals surface area contributed by atoms with Gasteiger partial charge in [0.1, 0.15) is 0 Å². The number of fused-ring (bicyclic) bond motifs is 2. The third-order valence-corrected chi connectivity index (χ3v) is 5.77. The van der Waals surface area contributed by atoms with E-state index in [9.17, 15) is 29.1 Å². The first-order valence-corrected chi connectivity index (χ1v) is 9.46. The number of nitrogens with zero attached hydrogens (tertiary/aromatic N) is 1. The van der Waals surface area contributed by atoms with Gasteiger partial charge in [0, 0.05) is 11.1 Å². The van der Waals surface area contributed by atoms with Crippen LogP contribution in [0.4, 0.5) is 0 Å². The summed E-state index contributed by atoms with van der Waals surface area (Å²) >= 11 is 0. The van der Waals surface area contributed by atoms with Crippen LogP contribution in [-0.2, 0) is 4.79 Å². The lowest BCUT2D eigenvalue weighted by molar-refractivity contribution is -0.148. The fraction of sp³-hybridized carbons (Fsp3) is 0.227. The largest absolute Gasteiger partial charge is 0.479 e. The van der Waals surface area contributed by atoms with Gasteiger partial charge < -0.3 is 10.8 Å². The molecule has 2 aromatic carbocycles. The lowest BCUT2D eigenvalue weighted by Gasteiger charge is -2.43. The summed E-state index contributed by atoms with van der Waals surface area (Å²) in [4.78, 5) is 66.4. The Labute approximate surface area is 171 Å². The van der Waals surface area contributed by atoms with Crippen molar-refractivity contribution in [1.29, 1.82) is 0 Å². The normalized spacial score (nSPS) is 22.8. The number of carboxylic acid groups (broad SMARTS) is 1. The number of carbonyl (C=O) groups excluding carboxylic acids is 4. The van der Waals surface area contributed by atoms with Crippen LogP contribution >= 0.6 is 0 Å². The van der Waals surface area contributed by atoms with Crippen LogP contribution < -0.4 is 5.73 Å². The molecule has 0 spiro atoms. The number of imide groups is 1. The Hall–Kier alpha value is -3.65. The van der Waals surface area contributed by atoms with Crippen LogP contribution in [0.3, 0.4) is 0 Å². The maximum atomic E-state index is 13.6. The van der Waals surface area contributed by atoms with Crippen LogP contribution in [-0.4, -0.2) is 51.4 Å². The summed E-state index contributed by atoms with van der Waals surface area (Å²) in [6, 6.07) is 11.7. The summed E-state index contributed by atoms with van der Waals surface area (Å²) in [5.74, 6) is -6.53. The van der Waals surface area contributed by atoms with E-state index in [1.165, 1.54) is 42.5 Å². The van der Waals surface area contributed by atoms with Crippen molar-refractivity contribution in [3.05, 3.63) is 70.8 Å². The Bertz CT molecular complexity index is 1090. The second-order valence-corrected chi connectivity index (χ2v) is 7.29. The van der Waals surface area contributed by atoms with E-state index in [1.54, 1.807) is 6.07 Å². The summed E-state index contributed by atoms with van der Waals surface area (Å²) in [6.07, 6.45) is 0.180. The molecule has 0 bridgehead atoms. The van der Waals surface area contributed by atoms with Gasteiger partial charge in [-0.15, -0.1) is 0 Å². The number of rotatable bonds is 5. The number of benzene rings is 2. The van der Waals surface area contributed by atoms with Gasteiger partial charge in [-0.05, 0) is 31.5 Å². The molecule has 0 aromatic heterocycles. The minimum Gasteiger partial charge on any atom is -0.479 e. The molecule has 2 atom stereocenters. The SMILES string of the molecule is NCCCC1C(=O)c2ccccc2C(=O)[C@@]1(C(=O)O)N1C(=O)c2ccccc2C1=O. The first-order valence-electron chi connectivity index (χ1n) is 9.46. The predicted molar refractivity (Wildman–Crippen MR) is 104 cm³/mol. The molecule has 4 rings (SSSR count). The number of carboxylic acids is 1. The summed E-state index contributed by atoms with van der Waals surface area (Å²) in [5.41, 5.74) is 2.86. The predicted octanol–water partition coefficient (Wildman–Crippen LogP) is 1.54. The van der Waals surface area contributed by atoms with Crippen molar-refractivity contribution in [2.75, 3.05) is 6.54 Å². The number of amides is 2. The third kappa shape index (κ3) is 2.40. The molecule has 1 heterocycles. The van der Waals surface area contributed by atoms with Crippen molar-refractivity contribution in [2.24, 2.45) is 11.7 Å². The smallest absolute Gasteiger partial charge is 0.339 e. The van der Waals surface area contributed by atoms with Crippen LogP contribution in [0.25, 0.3) is 0 Å². The number of ketones is 2. The van der Waals surface area contributed by atoms with Crippen molar-refractivity contribution in [1.82, 2.24) is 4.90 Å². The van der Waals surface area contributed by atoms with Crippen molar-refractivity contribution in [3.8, 4) is 0 Å². The number of hydrogen-bond donors (Lipinski definition) is 2. The summed E-state index contributed by atoms with van der Waals surface area (Å²) in [6.45, 7) is 0.150. The van der Waals surface area contributed by atoms with Crippen molar-refractivity contribution in [3.63, 3.8) is 0 Å². The maximum absolute atomic E-state index is 13.6. The molecule has 0 saturated heterocycles. The quantitative estimate of drug-likeness (QED) is 0.568. The highest BCUT2D eigenvalue weighted by Gasteiger charge is 2.66. The molecule has 0 saturated carbocycles. The van der Waals surface area contributed by atoms with E-state index >= 15 is 0 Å². The second-order valence-electron chi connectivity index (χ2n) is 7.29. The fourth-order valence-electron chi connectivity index (χ4n) is 4.41. The monoisotopic (exact) mass is 406 g/mol. The van der Waals surface area contributed by atoms with Crippen LogP contribution in [0.1, 0.15) is 54.3 Å². The van der Waals surface area contributed by atoms with Gasteiger partial charge in [0.05, 0.1) is 17.0 Å². The van der Waals surface area contributed by atoms with Gasteiger partial charge in [-0.2, -0.15) is 0 Å². The standard InChI is InChI=1S/C22H18N2O6/c23-11-5-10-16-17(25)12-6-1-2-7-13(12)18(26)22(16,21(29)30)24-19(27)14-8-3-4-9-15(14)20(24)28/h1-4,6-9,16H,5,10-11,23H2,(H,29,30)/t16?,22-/m0/s1. The molecule has 8 heteroatoms. The van der Waals surface area contributed by atoms with Gasteiger partial charge in [0.15, 0.2) is 5.78 Å². The minimum absolute atomic E-state index is 0.000178. The molecule has 2 amide bonds. The zero-order chi connectivity index (χ0) is 21.6. The molecule has 0 radical (unpaired) electrons. The Kier molecular flexibility index (Phi) is 4.58. The zero-order valence-corrected chi connectivity index (χ0v) is 15.8. The summed E-state index contributed by atoms with van der Waals surface area (Å²) < 4.78 is 0. The van der Waals surface area contributed by atoms with E-state index in [0.29, 0.717) is 4.90 Å². The van der Waals surface area contributed by atoms with Crippen LogP contribution in [0.15, 0.2) is 48.5 Å². The van der Waals surface area contributed by atoms with Crippen LogP contribution in [0, 0.1) is 5.92 Å². The number of hydrogen-bond acceptors (Lipinski definition) is 6. The lowest BCUT2D eigenvalue weighted by atomic mass is 9.65. The molecule has 0 fully saturated rings. The molecule has 1 aliphatic heterocycles. The summed E-state index contributed by atoms with van der Waals surface area (Å²) in [5, 5.41) is 10.3. The van der Waals surface area contributed by atoms with Gasteiger partial charge in [0.2, 0.25) is 11.3 Å². The van der Waals surface area contributed by atoms with Gasteiger partial charge in [-0.3, -0.25) is 19.2 Å². The zero-order valence-electron chi connectivity index (χ0n) is 15.8. The Morgan fingerprint density at radius 3 is 1.90 bits per heavy atom. The molecule has 2 aromatic rings. The average molecular weight is 406 g/mol. The van der Waals surface area contributed by atoms with Crippen LogP contribution in [0.2, 0.25) is 0 Å². The Balaban J connectivity index is 2.00. The molecular formula is C22H18N2O6. The molecule has 152 valence electrons.